The molecule has 1 amide bonds. The van der Waals surface area contributed by atoms with E-state index in [1.54, 1.807) is 7.11 Å². The zero-order chi connectivity index (χ0) is 16.9. The summed E-state index contributed by atoms with van der Waals surface area (Å²) in [6.07, 6.45) is 1.32. The lowest BCUT2D eigenvalue weighted by atomic mass is 10.1. The first kappa shape index (κ1) is 16.8. The van der Waals surface area contributed by atoms with Crippen LogP contribution in [0.3, 0.4) is 0 Å². The molecule has 24 heavy (non-hydrogen) atoms. The van der Waals surface area contributed by atoms with Gasteiger partial charge in [-0.15, -0.1) is 0 Å². The quantitative estimate of drug-likeness (QED) is 0.864. The summed E-state index contributed by atoms with van der Waals surface area (Å²) < 4.78 is 4.99. The molecule has 5 heteroatoms. The van der Waals surface area contributed by atoms with Crippen LogP contribution in [0, 0.1) is 0 Å². The number of amides is 1. The third-order valence-electron chi connectivity index (χ3n) is 4.21. The monoisotopic (exact) mass is 344 g/mol. The predicted molar refractivity (Wildman–Crippen MR) is 97.8 cm³/mol. The van der Waals surface area contributed by atoms with Crippen LogP contribution in [0.15, 0.2) is 42.5 Å². The minimum absolute atomic E-state index is 0.123. The number of fused-ring (bicyclic) bond motifs is 1. The van der Waals surface area contributed by atoms with Crippen molar-refractivity contribution in [3.8, 4) is 0 Å². The minimum atomic E-state index is 0.123. The largest absolute Gasteiger partial charge is 0.384 e. The second kappa shape index (κ2) is 7.69. The second-order valence-electron chi connectivity index (χ2n) is 5.86. The zero-order valence-electron chi connectivity index (χ0n) is 13.7. The molecule has 0 fully saturated rings. The summed E-state index contributed by atoms with van der Waals surface area (Å²) >= 11 is 5.90. The van der Waals surface area contributed by atoms with Crippen LogP contribution in [0.1, 0.15) is 17.5 Å². The lowest BCUT2D eigenvalue weighted by Gasteiger charge is -2.17. The molecule has 2 aromatic carbocycles. The van der Waals surface area contributed by atoms with Gasteiger partial charge in [0, 0.05) is 36.6 Å². The van der Waals surface area contributed by atoms with Gasteiger partial charge in [0.1, 0.15) is 0 Å². The van der Waals surface area contributed by atoms with Crippen LogP contribution in [0.25, 0.3) is 0 Å². The number of carbonyl (C=O) groups is 1. The molecule has 0 aliphatic carbocycles. The Hall–Kier alpha value is -2.04. The third kappa shape index (κ3) is 3.89. The van der Waals surface area contributed by atoms with Gasteiger partial charge in [-0.2, -0.15) is 0 Å². The maximum Gasteiger partial charge on any atom is 0.229 e. The standard InChI is InChI=1S/C19H21ClN2O2/c1-24-11-9-19(23)22-10-8-15-12-17(6-7-18(15)22)21-13-14-2-4-16(20)5-3-14/h2-7,12,21H,8-11,13H2,1H3. The highest BCUT2D eigenvalue weighted by atomic mass is 35.5. The first-order chi connectivity index (χ1) is 11.7. The van der Waals surface area contributed by atoms with Crippen molar-refractivity contribution in [3.63, 3.8) is 0 Å². The van der Waals surface area contributed by atoms with E-state index in [2.05, 4.69) is 11.4 Å². The van der Waals surface area contributed by atoms with Gasteiger partial charge in [-0.05, 0) is 47.9 Å². The maximum atomic E-state index is 12.2. The highest BCUT2D eigenvalue weighted by molar-refractivity contribution is 6.30. The maximum absolute atomic E-state index is 12.2. The molecule has 2 aromatic rings. The molecule has 126 valence electrons. The Morgan fingerprint density at radius 3 is 2.79 bits per heavy atom. The summed E-state index contributed by atoms with van der Waals surface area (Å²) in [4.78, 5) is 14.1. The van der Waals surface area contributed by atoms with E-state index in [0.717, 1.165) is 35.9 Å². The number of anilines is 2. The topological polar surface area (TPSA) is 41.6 Å². The van der Waals surface area contributed by atoms with Crippen LogP contribution < -0.4 is 10.2 Å². The van der Waals surface area contributed by atoms with Crippen molar-refractivity contribution in [1.29, 1.82) is 0 Å². The van der Waals surface area contributed by atoms with E-state index in [1.165, 1.54) is 11.1 Å². The molecular weight excluding hydrogens is 324 g/mol. The van der Waals surface area contributed by atoms with Crippen molar-refractivity contribution in [2.24, 2.45) is 0 Å². The molecule has 1 heterocycles. The van der Waals surface area contributed by atoms with Gasteiger partial charge in [0.05, 0.1) is 13.0 Å². The van der Waals surface area contributed by atoms with Crippen LogP contribution in [-0.4, -0.2) is 26.2 Å². The molecule has 0 aromatic heterocycles. The van der Waals surface area contributed by atoms with Crippen molar-refractivity contribution >= 4 is 28.9 Å². The number of nitrogens with zero attached hydrogens (tertiary/aromatic N) is 1. The van der Waals surface area contributed by atoms with Crippen LogP contribution in [-0.2, 0) is 22.5 Å². The Balaban J connectivity index is 1.64. The number of hydrogen-bond acceptors (Lipinski definition) is 3. The SMILES string of the molecule is COCCC(=O)N1CCc2cc(NCc3ccc(Cl)cc3)ccc21. The van der Waals surface area contributed by atoms with Crippen molar-refractivity contribution in [2.45, 2.75) is 19.4 Å². The van der Waals surface area contributed by atoms with Crippen molar-refractivity contribution in [2.75, 3.05) is 30.5 Å². The number of rotatable bonds is 6. The molecule has 1 aliphatic heterocycles. The Labute approximate surface area is 147 Å². The predicted octanol–water partition coefficient (Wildman–Crippen LogP) is 3.88. The molecule has 0 saturated heterocycles. The highest BCUT2D eigenvalue weighted by Gasteiger charge is 2.24. The first-order valence-electron chi connectivity index (χ1n) is 8.08. The molecule has 1 aliphatic rings. The Morgan fingerprint density at radius 2 is 2.04 bits per heavy atom. The number of benzene rings is 2. The van der Waals surface area contributed by atoms with Crippen molar-refractivity contribution in [1.82, 2.24) is 0 Å². The van der Waals surface area contributed by atoms with E-state index in [-0.39, 0.29) is 5.91 Å². The van der Waals surface area contributed by atoms with Gasteiger partial charge in [0.2, 0.25) is 5.91 Å². The number of methoxy groups -OCH3 is 1. The van der Waals surface area contributed by atoms with Crippen LogP contribution >= 0.6 is 11.6 Å². The van der Waals surface area contributed by atoms with Crippen LogP contribution in [0.2, 0.25) is 5.02 Å². The zero-order valence-corrected chi connectivity index (χ0v) is 14.5. The van der Waals surface area contributed by atoms with E-state index >= 15 is 0 Å². The fraction of sp³-hybridized carbons (Fsp3) is 0.316. The summed E-state index contributed by atoms with van der Waals surface area (Å²) in [5, 5.41) is 4.17. The molecule has 0 saturated carbocycles. The van der Waals surface area contributed by atoms with Gasteiger partial charge < -0.3 is 15.0 Å². The average molecular weight is 345 g/mol. The molecule has 3 rings (SSSR count). The van der Waals surface area contributed by atoms with Gasteiger partial charge >= 0.3 is 0 Å². The average Bonchev–Trinajstić information content (AvgIpc) is 3.02. The summed E-state index contributed by atoms with van der Waals surface area (Å²) in [6, 6.07) is 14.0. The lowest BCUT2D eigenvalue weighted by Crippen LogP contribution is -2.29. The molecule has 4 nitrogen and oxygen atoms in total. The van der Waals surface area contributed by atoms with Gasteiger partial charge in [0.25, 0.3) is 0 Å². The Kier molecular flexibility index (Phi) is 5.38. The van der Waals surface area contributed by atoms with E-state index in [9.17, 15) is 4.79 Å². The molecule has 0 unspecified atom stereocenters. The molecular formula is C19H21ClN2O2. The van der Waals surface area contributed by atoms with Crippen LogP contribution in [0.5, 0.6) is 0 Å². The number of carbonyl (C=O) groups excluding carboxylic acids is 1. The van der Waals surface area contributed by atoms with E-state index in [0.29, 0.717) is 13.0 Å². The number of nitrogens with one attached hydrogen (secondary N) is 1. The van der Waals surface area contributed by atoms with Gasteiger partial charge in [-0.3, -0.25) is 4.79 Å². The summed E-state index contributed by atoms with van der Waals surface area (Å²) in [6.45, 7) is 1.95. The van der Waals surface area contributed by atoms with Gasteiger partial charge in [0.15, 0.2) is 0 Å². The van der Waals surface area contributed by atoms with E-state index in [4.69, 9.17) is 16.3 Å². The first-order valence-corrected chi connectivity index (χ1v) is 8.46. The Bertz CT molecular complexity index is 716. The van der Waals surface area contributed by atoms with Crippen LogP contribution in [0.4, 0.5) is 11.4 Å². The van der Waals surface area contributed by atoms with Crippen molar-refractivity contribution < 1.29 is 9.53 Å². The molecule has 1 N–H and O–H groups in total. The normalized spacial score (nSPS) is 13.0. The summed E-state index contributed by atoms with van der Waals surface area (Å²) in [5.74, 6) is 0.123. The lowest BCUT2D eigenvalue weighted by molar-refractivity contribution is -0.119. The van der Waals surface area contributed by atoms with Gasteiger partial charge in [-0.1, -0.05) is 23.7 Å². The van der Waals surface area contributed by atoms with E-state index in [1.807, 2.05) is 41.3 Å². The summed E-state index contributed by atoms with van der Waals surface area (Å²) in [5.41, 5.74) is 4.47. The van der Waals surface area contributed by atoms with Gasteiger partial charge in [-0.25, -0.2) is 0 Å². The Morgan fingerprint density at radius 1 is 1.25 bits per heavy atom. The molecule has 0 radical (unpaired) electrons. The summed E-state index contributed by atoms with van der Waals surface area (Å²) in [7, 11) is 1.61. The molecule has 0 spiro atoms. The number of ether oxygens (including phenoxy) is 1. The molecule has 0 atom stereocenters. The van der Waals surface area contributed by atoms with Crippen molar-refractivity contribution in [3.05, 3.63) is 58.6 Å². The fourth-order valence-electron chi connectivity index (χ4n) is 2.90. The highest BCUT2D eigenvalue weighted by Crippen LogP contribution is 2.31. The second-order valence-corrected chi connectivity index (χ2v) is 6.30. The third-order valence-corrected chi connectivity index (χ3v) is 4.46. The van der Waals surface area contributed by atoms with E-state index < -0.39 is 0 Å². The fourth-order valence-corrected chi connectivity index (χ4v) is 3.03. The minimum Gasteiger partial charge on any atom is -0.384 e. The smallest absolute Gasteiger partial charge is 0.229 e. The number of hydrogen-bond donors (Lipinski definition) is 1. The molecule has 0 bridgehead atoms. The number of halogens is 1.